The summed E-state index contributed by atoms with van der Waals surface area (Å²) in [6, 6.07) is 0.0446. The summed E-state index contributed by atoms with van der Waals surface area (Å²) in [4.78, 5) is 25.8. The summed E-state index contributed by atoms with van der Waals surface area (Å²) in [6.07, 6.45) is 0. The Bertz CT molecular complexity index is 242. The van der Waals surface area contributed by atoms with E-state index in [0.717, 1.165) is 0 Å². The first-order valence-electron chi connectivity index (χ1n) is 4.86. The Kier molecular flexibility index (Phi) is 3.46. The van der Waals surface area contributed by atoms with Crippen molar-refractivity contribution in [3.63, 3.8) is 0 Å². The van der Waals surface area contributed by atoms with Gasteiger partial charge in [-0.1, -0.05) is 0 Å². The summed E-state index contributed by atoms with van der Waals surface area (Å²) >= 11 is 0. The van der Waals surface area contributed by atoms with Crippen LogP contribution in [-0.2, 0) is 4.79 Å². The molecule has 0 aromatic rings. The lowest BCUT2D eigenvalue weighted by Gasteiger charge is -2.19. The third kappa shape index (κ3) is 2.04. The van der Waals surface area contributed by atoms with Crippen LogP contribution >= 0.6 is 0 Å². The van der Waals surface area contributed by atoms with Crippen LogP contribution in [0.4, 0.5) is 4.79 Å². The topological polar surface area (TPSA) is 52.7 Å². The van der Waals surface area contributed by atoms with Crippen LogP contribution in [0.1, 0.15) is 13.8 Å². The maximum Gasteiger partial charge on any atom is 0.327 e. The molecule has 1 rings (SSSR count). The Morgan fingerprint density at radius 1 is 1.50 bits per heavy atom. The number of likely N-dealkylation sites (N-methyl/N-ethyl adjacent to an activating group) is 2. The van der Waals surface area contributed by atoms with Crippen molar-refractivity contribution >= 4 is 11.9 Å². The Balaban J connectivity index is 2.58. The summed E-state index contributed by atoms with van der Waals surface area (Å²) in [6.45, 7) is 5.05. The van der Waals surface area contributed by atoms with Gasteiger partial charge >= 0.3 is 6.03 Å². The molecule has 0 bridgehead atoms. The van der Waals surface area contributed by atoms with Crippen LogP contribution in [0.3, 0.4) is 0 Å². The van der Waals surface area contributed by atoms with Crippen molar-refractivity contribution in [3.05, 3.63) is 0 Å². The minimum Gasteiger partial charge on any atom is -0.316 e. The van der Waals surface area contributed by atoms with Crippen LogP contribution in [0.2, 0.25) is 0 Å². The molecule has 1 fully saturated rings. The average molecular weight is 199 g/mol. The first-order valence-corrected chi connectivity index (χ1v) is 4.86. The Hall–Kier alpha value is -1.10. The zero-order valence-corrected chi connectivity index (χ0v) is 8.91. The van der Waals surface area contributed by atoms with Crippen LogP contribution in [0.15, 0.2) is 0 Å². The van der Waals surface area contributed by atoms with Crippen molar-refractivity contribution in [2.24, 2.45) is 0 Å². The summed E-state index contributed by atoms with van der Waals surface area (Å²) in [7, 11) is 1.84. The highest BCUT2D eigenvalue weighted by Crippen LogP contribution is 2.09. The SMILES string of the molecule is CCN1C(=O)CN(CC(C)NC)C1=O. The van der Waals surface area contributed by atoms with Gasteiger partial charge in [0.2, 0.25) is 5.91 Å². The molecular formula is C9H17N3O2. The largest absolute Gasteiger partial charge is 0.327 e. The van der Waals surface area contributed by atoms with Crippen LogP contribution in [0.5, 0.6) is 0 Å². The third-order valence-electron chi connectivity index (χ3n) is 2.43. The van der Waals surface area contributed by atoms with Gasteiger partial charge in [0.05, 0.1) is 0 Å². The van der Waals surface area contributed by atoms with Crippen LogP contribution in [-0.4, -0.2) is 54.5 Å². The number of amides is 3. The molecule has 1 saturated heterocycles. The van der Waals surface area contributed by atoms with Crippen molar-refractivity contribution < 1.29 is 9.59 Å². The Labute approximate surface area is 84.0 Å². The predicted molar refractivity (Wildman–Crippen MR) is 52.9 cm³/mol. The van der Waals surface area contributed by atoms with E-state index in [9.17, 15) is 9.59 Å². The van der Waals surface area contributed by atoms with E-state index in [0.29, 0.717) is 13.1 Å². The fraction of sp³-hybridized carbons (Fsp3) is 0.778. The molecule has 0 aromatic heterocycles. The minimum absolute atomic E-state index is 0.0965. The van der Waals surface area contributed by atoms with Gasteiger partial charge < -0.3 is 10.2 Å². The molecule has 0 radical (unpaired) electrons. The van der Waals surface area contributed by atoms with E-state index in [1.807, 2.05) is 14.0 Å². The van der Waals surface area contributed by atoms with Gasteiger partial charge in [0.1, 0.15) is 6.54 Å². The van der Waals surface area contributed by atoms with E-state index >= 15 is 0 Å². The summed E-state index contributed by atoms with van der Waals surface area (Å²) in [5.74, 6) is -0.0965. The molecule has 1 N–H and O–H groups in total. The molecule has 0 spiro atoms. The van der Waals surface area contributed by atoms with Gasteiger partial charge in [-0.25, -0.2) is 4.79 Å². The molecule has 5 nitrogen and oxygen atoms in total. The number of hydrogen-bond donors (Lipinski definition) is 1. The molecule has 14 heavy (non-hydrogen) atoms. The highest BCUT2D eigenvalue weighted by molar-refractivity contribution is 6.01. The fourth-order valence-electron chi connectivity index (χ4n) is 1.47. The number of urea groups is 1. The molecule has 3 amide bonds. The first kappa shape index (κ1) is 11.0. The summed E-state index contributed by atoms with van der Waals surface area (Å²) < 4.78 is 0. The second-order valence-corrected chi connectivity index (χ2v) is 3.49. The second-order valence-electron chi connectivity index (χ2n) is 3.49. The van der Waals surface area contributed by atoms with Crippen LogP contribution < -0.4 is 5.32 Å². The number of nitrogens with one attached hydrogen (secondary N) is 1. The molecule has 80 valence electrons. The lowest BCUT2D eigenvalue weighted by atomic mass is 10.3. The minimum atomic E-state index is -0.167. The van der Waals surface area contributed by atoms with Crippen molar-refractivity contribution in [2.75, 3.05) is 26.7 Å². The van der Waals surface area contributed by atoms with Gasteiger partial charge in [0, 0.05) is 19.1 Å². The van der Waals surface area contributed by atoms with Crippen molar-refractivity contribution in [1.82, 2.24) is 15.1 Å². The molecular weight excluding hydrogens is 182 g/mol. The van der Waals surface area contributed by atoms with E-state index in [-0.39, 0.29) is 24.5 Å². The van der Waals surface area contributed by atoms with E-state index in [1.54, 1.807) is 11.8 Å². The molecule has 0 aromatic carbocycles. The zero-order valence-electron chi connectivity index (χ0n) is 8.91. The highest BCUT2D eigenvalue weighted by atomic mass is 16.2. The quantitative estimate of drug-likeness (QED) is 0.642. The number of rotatable bonds is 4. The molecule has 0 aliphatic carbocycles. The Morgan fingerprint density at radius 3 is 2.57 bits per heavy atom. The standard InChI is InChI=1S/C9H17N3O2/c1-4-12-8(13)6-11(9(12)14)5-7(2)10-3/h7,10H,4-6H2,1-3H3. The normalized spacial score (nSPS) is 19.4. The lowest BCUT2D eigenvalue weighted by molar-refractivity contribution is -0.125. The second kappa shape index (κ2) is 4.41. The molecule has 1 unspecified atom stereocenters. The zero-order chi connectivity index (χ0) is 10.7. The average Bonchev–Trinajstić information content (AvgIpc) is 2.42. The summed E-state index contributed by atoms with van der Waals surface area (Å²) in [5.41, 5.74) is 0. The monoisotopic (exact) mass is 199 g/mol. The molecule has 0 saturated carbocycles. The molecule has 1 aliphatic rings. The van der Waals surface area contributed by atoms with Gasteiger partial charge in [0.15, 0.2) is 0 Å². The summed E-state index contributed by atoms with van der Waals surface area (Å²) in [5, 5.41) is 3.04. The third-order valence-corrected chi connectivity index (χ3v) is 2.43. The smallest absolute Gasteiger partial charge is 0.316 e. The van der Waals surface area contributed by atoms with E-state index in [1.165, 1.54) is 4.90 Å². The molecule has 5 heteroatoms. The number of imide groups is 1. The fourth-order valence-corrected chi connectivity index (χ4v) is 1.47. The van der Waals surface area contributed by atoms with Gasteiger partial charge in [-0.05, 0) is 20.9 Å². The molecule has 1 atom stereocenters. The predicted octanol–water partition coefficient (Wildman–Crippen LogP) is -0.122. The molecule has 1 aliphatic heterocycles. The van der Waals surface area contributed by atoms with Crippen molar-refractivity contribution in [3.8, 4) is 0 Å². The van der Waals surface area contributed by atoms with E-state index in [4.69, 9.17) is 0 Å². The van der Waals surface area contributed by atoms with Crippen LogP contribution in [0.25, 0.3) is 0 Å². The number of hydrogen-bond acceptors (Lipinski definition) is 3. The highest BCUT2D eigenvalue weighted by Gasteiger charge is 2.34. The van der Waals surface area contributed by atoms with Gasteiger partial charge in [-0.3, -0.25) is 9.69 Å². The number of nitrogens with zero attached hydrogens (tertiary/aromatic N) is 2. The van der Waals surface area contributed by atoms with Crippen molar-refractivity contribution in [2.45, 2.75) is 19.9 Å². The maximum atomic E-state index is 11.6. The van der Waals surface area contributed by atoms with Gasteiger partial charge in [-0.2, -0.15) is 0 Å². The Morgan fingerprint density at radius 2 is 2.14 bits per heavy atom. The van der Waals surface area contributed by atoms with E-state index in [2.05, 4.69) is 5.32 Å². The van der Waals surface area contributed by atoms with Gasteiger partial charge in [-0.15, -0.1) is 0 Å². The first-order chi connectivity index (χ1) is 6.60. The maximum absolute atomic E-state index is 11.6. The van der Waals surface area contributed by atoms with E-state index < -0.39 is 0 Å². The van der Waals surface area contributed by atoms with Crippen molar-refractivity contribution in [1.29, 1.82) is 0 Å². The number of carbonyl (C=O) groups is 2. The molecule has 1 heterocycles. The number of carbonyl (C=O) groups excluding carboxylic acids is 2. The van der Waals surface area contributed by atoms with Crippen LogP contribution in [0, 0.1) is 0 Å². The lowest BCUT2D eigenvalue weighted by Crippen LogP contribution is -2.40. The van der Waals surface area contributed by atoms with Gasteiger partial charge in [0.25, 0.3) is 0 Å².